The molecule has 0 fully saturated rings. The molecule has 26 heavy (non-hydrogen) atoms. The standard InChI is InChI=1S/C19H19ClN2O3S/c1-11-12(2)26-18-17(11)19(25)22(8-4-7-16(23)24)15(21-18)10-13-5-3-6-14(20)9-13/h3,5-6,9H,4,7-8,10H2,1-2H3,(H,23,24). The van der Waals surface area contributed by atoms with Crippen molar-refractivity contribution in [3.05, 3.63) is 61.5 Å². The highest BCUT2D eigenvalue weighted by atomic mass is 35.5. The second kappa shape index (κ2) is 7.60. The predicted octanol–water partition coefficient (Wildman–Crippen LogP) is 4.18. The van der Waals surface area contributed by atoms with Crippen LogP contribution in [0.25, 0.3) is 10.2 Å². The predicted molar refractivity (Wildman–Crippen MR) is 104 cm³/mol. The summed E-state index contributed by atoms with van der Waals surface area (Å²) in [5.41, 5.74) is 1.81. The van der Waals surface area contributed by atoms with Gasteiger partial charge in [-0.25, -0.2) is 4.98 Å². The lowest BCUT2D eigenvalue weighted by Crippen LogP contribution is -2.26. The van der Waals surface area contributed by atoms with Crippen molar-refractivity contribution in [3.63, 3.8) is 0 Å². The van der Waals surface area contributed by atoms with Crippen molar-refractivity contribution in [2.45, 2.75) is 39.7 Å². The Hall–Kier alpha value is -2.18. The van der Waals surface area contributed by atoms with Crippen LogP contribution in [0.3, 0.4) is 0 Å². The summed E-state index contributed by atoms with van der Waals surface area (Å²) < 4.78 is 1.62. The summed E-state index contributed by atoms with van der Waals surface area (Å²) in [6, 6.07) is 7.45. The SMILES string of the molecule is Cc1sc2nc(Cc3cccc(Cl)c3)n(CCCC(=O)O)c(=O)c2c1C. The Morgan fingerprint density at radius 2 is 2.12 bits per heavy atom. The number of fused-ring (bicyclic) bond motifs is 1. The molecule has 0 aliphatic rings. The number of carboxylic acid groups (broad SMARTS) is 1. The Morgan fingerprint density at radius 1 is 1.35 bits per heavy atom. The van der Waals surface area contributed by atoms with Gasteiger partial charge in [-0.05, 0) is 43.5 Å². The summed E-state index contributed by atoms with van der Waals surface area (Å²) in [6.07, 6.45) is 0.866. The lowest BCUT2D eigenvalue weighted by Gasteiger charge is -2.12. The van der Waals surface area contributed by atoms with Gasteiger partial charge in [-0.2, -0.15) is 0 Å². The van der Waals surface area contributed by atoms with Crippen LogP contribution >= 0.6 is 22.9 Å². The van der Waals surface area contributed by atoms with Crippen LogP contribution in [0, 0.1) is 13.8 Å². The quantitative estimate of drug-likeness (QED) is 0.685. The third kappa shape index (κ3) is 3.81. The van der Waals surface area contributed by atoms with Crippen LogP contribution in [0.5, 0.6) is 0 Å². The number of aliphatic carboxylic acids is 1. The molecule has 3 rings (SSSR count). The van der Waals surface area contributed by atoms with E-state index in [1.54, 1.807) is 10.6 Å². The maximum absolute atomic E-state index is 13.1. The lowest BCUT2D eigenvalue weighted by atomic mass is 10.1. The molecule has 0 radical (unpaired) electrons. The zero-order chi connectivity index (χ0) is 18.8. The van der Waals surface area contributed by atoms with Gasteiger partial charge in [-0.3, -0.25) is 14.2 Å². The van der Waals surface area contributed by atoms with E-state index in [4.69, 9.17) is 21.7 Å². The van der Waals surface area contributed by atoms with E-state index in [0.717, 1.165) is 20.8 Å². The number of aryl methyl sites for hydroxylation is 2. The van der Waals surface area contributed by atoms with E-state index in [1.165, 1.54) is 11.3 Å². The first-order valence-electron chi connectivity index (χ1n) is 8.32. The number of hydrogen-bond donors (Lipinski definition) is 1. The molecule has 7 heteroatoms. The van der Waals surface area contributed by atoms with Crippen LogP contribution in [-0.4, -0.2) is 20.6 Å². The monoisotopic (exact) mass is 390 g/mol. The van der Waals surface area contributed by atoms with Crippen LogP contribution in [-0.2, 0) is 17.8 Å². The molecule has 0 aliphatic carbocycles. The number of carbonyl (C=O) groups is 1. The topological polar surface area (TPSA) is 72.2 Å². The minimum absolute atomic E-state index is 0.0166. The maximum atomic E-state index is 13.1. The number of thiophene rings is 1. The average Bonchev–Trinajstić information content (AvgIpc) is 2.84. The highest BCUT2D eigenvalue weighted by molar-refractivity contribution is 7.18. The lowest BCUT2D eigenvalue weighted by molar-refractivity contribution is -0.137. The van der Waals surface area contributed by atoms with Gasteiger partial charge < -0.3 is 5.11 Å². The van der Waals surface area contributed by atoms with Gasteiger partial charge in [0.15, 0.2) is 0 Å². The highest BCUT2D eigenvalue weighted by Crippen LogP contribution is 2.27. The Kier molecular flexibility index (Phi) is 5.44. The van der Waals surface area contributed by atoms with Crippen molar-refractivity contribution in [1.29, 1.82) is 0 Å². The van der Waals surface area contributed by atoms with Crippen LogP contribution in [0.2, 0.25) is 5.02 Å². The van der Waals surface area contributed by atoms with Crippen molar-refractivity contribution in [2.24, 2.45) is 0 Å². The summed E-state index contributed by atoms with van der Waals surface area (Å²) in [5.74, 6) is -0.234. The van der Waals surface area contributed by atoms with E-state index >= 15 is 0 Å². The molecule has 3 aromatic rings. The fourth-order valence-corrected chi connectivity index (χ4v) is 4.20. The van der Waals surface area contributed by atoms with Crippen molar-refractivity contribution < 1.29 is 9.90 Å². The van der Waals surface area contributed by atoms with Gasteiger partial charge in [-0.15, -0.1) is 11.3 Å². The highest BCUT2D eigenvalue weighted by Gasteiger charge is 2.17. The maximum Gasteiger partial charge on any atom is 0.303 e. The summed E-state index contributed by atoms with van der Waals surface area (Å²) in [6.45, 7) is 4.24. The van der Waals surface area contributed by atoms with Crippen LogP contribution in [0.15, 0.2) is 29.1 Å². The summed E-state index contributed by atoms with van der Waals surface area (Å²) in [4.78, 5) is 30.4. The Bertz CT molecular complexity index is 1040. The molecular weight excluding hydrogens is 372 g/mol. The minimum atomic E-state index is -0.869. The van der Waals surface area contributed by atoms with Gasteiger partial charge >= 0.3 is 5.97 Å². The number of nitrogens with zero attached hydrogens (tertiary/aromatic N) is 2. The number of aromatic nitrogens is 2. The van der Waals surface area contributed by atoms with Crippen molar-refractivity contribution in [1.82, 2.24) is 9.55 Å². The minimum Gasteiger partial charge on any atom is -0.481 e. The molecule has 0 bridgehead atoms. The normalized spacial score (nSPS) is 11.2. The smallest absolute Gasteiger partial charge is 0.303 e. The van der Waals surface area contributed by atoms with Gasteiger partial charge in [0.25, 0.3) is 5.56 Å². The number of halogens is 1. The first-order chi connectivity index (χ1) is 12.4. The zero-order valence-electron chi connectivity index (χ0n) is 14.6. The summed E-state index contributed by atoms with van der Waals surface area (Å²) in [7, 11) is 0. The molecule has 0 amide bonds. The summed E-state index contributed by atoms with van der Waals surface area (Å²) in [5, 5.41) is 10.2. The van der Waals surface area contributed by atoms with Gasteiger partial charge in [0.1, 0.15) is 10.7 Å². The van der Waals surface area contributed by atoms with E-state index < -0.39 is 5.97 Å². The third-order valence-electron chi connectivity index (χ3n) is 4.39. The van der Waals surface area contributed by atoms with E-state index in [9.17, 15) is 9.59 Å². The van der Waals surface area contributed by atoms with Crippen LogP contribution in [0.1, 0.15) is 34.7 Å². The average molecular weight is 391 g/mol. The Morgan fingerprint density at radius 3 is 2.81 bits per heavy atom. The molecule has 2 heterocycles. The zero-order valence-corrected chi connectivity index (χ0v) is 16.2. The second-order valence-corrected chi connectivity index (χ2v) is 7.89. The number of rotatable bonds is 6. The molecule has 1 aromatic carbocycles. The largest absolute Gasteiger partial charge is 0.481 e. The van der Waals surface area contributed by atoms with Gasteiger partial charge in [0.2, 0.25) is 0 Å². The molecule has 1 N–H and O–H groups in total. The van der Waals surface area contributed by atoms with Gasteiger partial charge in [0.05, 0.1) is 5.39 Å². The Labute approximate surface area is 159 Å². The fourth-order valence-electron chi connectivity index (χ4n) is 2.95. The van der Waals surface area contributed by atoms with E-state index in [-0.39, 0.29) is 12.0 Å². The van der Waals surface area contributed by atoms with E-state index in [1.807, 2.05) is 32.0 Å². The molecular formula is C19H19ClN2O3S. The molecule has 0 saturated heterocycles. The third-order valence-corrected chi connectivity index (χ3v) is 5.73. The molecule has 2 aromatic heterocycles. The first-order valence-corrected chi connectivity index (χ1v) is 9.52. The fraction of sp³-hybridized carbons (Fsp3) is 0.316. The molecule has 136 valence electrons. The second-order valence-electron chi connectivity index (χ2n) is 6.25. The van der Waals surface area contributed by atoms with E-state index in [2.05, 4.69) is 0 Å². The van der Waals surface area contributed by atoms with Crippen molar-refractivity contribution in [2.75, 3.05) is 0 Å². The molecule has 5 nitrogen and oxygen atoms in total. The molecule has 0 atom stereocenters. The number of benzene rings is 1. The number of hydrogen-bond acceptors (Lipinski definition) is 4. The Balaban J connectivity index is 2.09. The molecule has 0 spiro atoms. The molecule has 0 unspecified atom stereocenters. The molecule has 0 aliphatic heterocycles. The number of carboxylic acids is 1. The van der Waals surface area contributed by atoms with Gasteiger partial charge in [-0.1, -0.05) is 23.7 Å². The van der Waals surface area contributed by atoms with Crippen molar-refractivity contribution in [3.8, 4) is 0 Å². The summed E-state index contributed by atoms with van der Waals surface area (Å²) >= 11 is 7.58. The van der Waals surface area contributed by atoms with Gasteiger partial charge in [0, 0.05) is 29.3 Å². The van der Waals surface area contributed by atoms with Crippen LogP contribution < -0.4 is 5.56 Å². The first kappa shape index (κ1) is 18.6. The molecule has 0 saturated carbocycles. The van der Waals surface area contributed by atoms with E-state index in [0.29, 0.717) is 35.6 Å². The van der Waals surface area contributed by atoms with Crippen molar-refractivity contribution >= 4 is 39.1 Å². The van der Waals surface area contributed by atoms with Crippen LogP contribution in [0.4, 0.5) is 0 Å².